The van der Waals surface area contributed by atoms with Gasteiger partial charge in [0.05, 0.1) is 16.6 Å². The van der Waals surface area contributed by atoms with Crippen molar-refractivity contribution in [3.05, 3.63) is 76.6 Å². The zero-order valence-electron chi connectivity index (χ0n) is 13.3. The van der Waals surface area contributed by atoms with Gasteiger partial charge >= 0.3 is 0 Å². The second-order valence-corrected chi connectivity index (χ2v) is 5.96. The third-order valence-corrected chi connectivity index (χ3v) is 4.39. The molecule has 0 aliphatic carbocycles. The van der Waals surface area contributed by atoms with E-state index in [4.69, 9.17) is 5.73 Å². The number of rotatable bonds is 2. The zero-order chi connectivity index (χ0) is 16.7. The molecule has 118 valence electrons. The van der Waals surface area contributed by atoms with Gasteiger partial charge in [0.25, 0.3) is 5.56 Å². The minimum Gasteiger partial charge on any atom is -0.397 e. The summed E-state index contributed by atoms with van der Waals surface area (Å²) in [6.07, 6.45) is 0. The van der Waals surface area contributed by atoms with Gasteiger partial charge in [-0.1, -0.05) is 48.5 Å². The molecule has 4 aromatic rings. The SMILES string of the molecule is Cc1ccccc1-c1ccc(-c2cc(N)c3[nH][nH]c(=O)c3c2)cc1. The quantitative estimate of drug-likeness (QED) is 0.488. The number of aromatic nitrogens is 2. The maximum absolute atomic E-state index is 11.8. The van der Waals surface area contributed by atoms with Crippen molar-refractivity contribution >= 4 is 16.6 Å². The Hall–Kier alpha value is -3.27. The molecule has 0 saturated carbocycles. The van der Waals surface area contributed by atoms with Gasteiger partial charge in [-0.15, -0.1) is 0 Å². The predicted molar refractivity (Wildman–Crippen MR) is 98.9 cm³/mol. The van der Waals surface area contributed by atoms with Crippen molar-refractivity contribution in [1.29, 1.82) is 0 Å². The van der Waals surface area contributed by atoms with Crippen molar-refractivity contribution in [1.82, 2.24) is 10.2 Å². The third-order valence-electron chi connectivity index (χ3n) is 4.39. The molecule has 0 saturated heterocycles. The Morgan fingerprint density at radius 1 is 0.833 bits per heavy atom. The Kier molecular flexibility index (Phi) is 3.24. The summed E-state index contributed by atoms with van der Waals surface area (Å²) in [5.74, 6) is 0. The number of aryl methyl sites for hydroxylation is 1. The first kappa shape index (κ1) is 14.3. The van der Waals surface area contributed by atoms with Crippen molar-refractivity contribution in [2.75, 3.05) is 5.73 Å². The van der Waals surface area contributed by atoms with Crippen LogP contribution in [-0.4, -0.2) is 10.2 Å². The third kappa shape index (κ3) is 2.29. The number of hydrogen-bond donors (Lipinski definition) is 3. The van der Waals surface area contributed by atoms with Crippen LogP contribution in [0.3, 0.4) is 0 Å². The molecule has 0 radical (unpaired) electrons. The fraction of sp³-hybridized carbons (Fsp3) is 0.0500. The van der Waals surface area contributed by atoms with E-state index in [0.717, 1.165) is 11.1 Å². The maximum atomic E-state index is 11.8. The lowest BCUT2D eigenvalue weighted by atomic mass is 9.97. The Labute approximate surface area is 138 Å². The molecule has 0 aliphatic rings. The van der Waals surface area contributed by atoms with E-state index in [2.05, 4.69) is 53.5 Å². The molecular formula is C20H17N3O. The van der Waals surface area contributed by atoms with Crippen molar-refractivity contribution in [2.24, 2.45) is 0 Å². The van der Waals surface area contributed by atoms with Crippen LogP contribution >= 0.6 is 0 Å². The summed E-state index contributed by atoms with van der Waals surface area (Å²) in [6.45, 7) is 2.11. The van der Waals surface area contributed by atoms with Gasteiger partial charge in [-0.3, -0.25) is 15.0 Å². The number of hydrogen-bond acceptors (Lipinski definition) is 2. The van der Waals surface area contributed by atoms with Gasteiger partial charge in [0.2, 0.25) is 0 Å². The highest BCUT2D eigenvalue weighted by atomic mass is 16.1. The van der Waals surface area contributed by atoms with E-state index in [0.29, 0.717) is 16.6 Å². The standard InChI is InChI=1S/C20H17N3O/c1-12-4-2-3-5-16(12)14-8-6-13(7-9-14)15-10-17-19(18(21)11-15)22-23-20(17)24/h2-11H,21H2,1H3,(H2,22,23,24). The Balaban J connectivity index is 1.79. The van der Waals surface area contributed by atoms with E-state index < -0.39 is 0 Å². The molecule has 0 aliphatic heterocycles. The average Bonchev–Trinajstić information content (AvgIpc) is 2.97. The van der Waals surface area contributed by atoms with Crippen LogP contribution in [0.15, 0.2) is 65.5 Å². The second kappa shape index (κ2) is 5.42. The van der Waals surface area contributed by atoms with Crippen LogP contribution in [-0.2, 0) is 0 Å². The van der Waals surface area contributed by atoms with Gasteiger partial charge in [-0.25, -0.2) is 0 Å². The number of nitrogens with one attached hydrogen (secondary N) is 2. The Bertz CT molecular complexity index is 1090. The van der Waals surface area contributed by atoms with E-state index in [1.54, 1.807) is 0 Å². The minimum absolute atomic E-state index is 0.157. The number of benzene rings is 3. The molecule has 1 aromatic heterocycles. The monoisotopic (exact) mass is 315 g/mol. The molecule has 0 unspecified atom stereocenters. The van der Waals surface area contributed by atoms with Crippen LogP contribution < -0.4 is 11.3 Å². The van der Waals surface area contributed by atoms with Crippen LogP contribution in [0.5, 0.6) is 0 Å². The fourth-order valence-electron chi connectivity index (χ4n) is 3.08. The summed E-state index contributed by atoms with van der Waals surface area (Å²) in [7, 11) is 0. The molecule has 0 fully saturated rings. The lowest BCUT2D eigenvalue weighted by molar-refractivity contribution is 1.08. The predicted octanol–water partition coefficient (Wildman–Crippen LogP) is 4.08. The molecule has 0 amide bonds. The molecule has 0 atom stereocenters. The van der Waals surface area contributed by atoms with E-state index in [9.17, 15) is 4.79 Å². The first-order valence-electron chi connectivity index (χ1n) is 7.80. The van der Waals surface area contributed by atoms with Gasteiger partial charge in [0, 0.05) is 0 Å². The molecule has 1 heterocycles. The molecule has 0 bridgehead atoms. The average molecular weight is 315 g/mol. The normalized spacial score (nSPS) is 11.0. The van der Waals surface area contributed by atoms with Gasteiger partial charge in [-0.2, -0.15) is 0 Å². The Morgan fingerprint density at radius 3 is 2.29 bits per heavy atom. The maximum Gasteiger partial charge on any atom is 0.271 e. The number of anilines is 1. The number of nitrogen functional groups attached to an aromatic ring is 1. The van der Waals surface area contributed by atoms with Crippen molar-refractivity contribution in [3.63, 3.8) is 0 Å². The molecule has 0 spiro atoms. The van der Waals surface area contributed by atoms with Crippen LogP contribution in [0.1, 0.15) is 5.56 Å². The van der Waals surface area contributed by atoms with E-state index in [-0.39, 0.29) is 5.56 Å². The van der Waals surface area contributed by atoms with Gasteiger partial charge < -0.3 is 5.73 Å². The summed E-state index contributed by atoms with van der Waals surface area (Å²) in [5, 5.41) is 5.96. The number of aromatic amines is 2. The van der Waals surface area contributed by atoms with Crippen molar-refractivity contribution in [2.45, 2.75) is 6.92 Å². The van der Waals surface area contributed by atoms with Crippen LogP contribution in [0.25, 0.3) is 33.2 Å². The van der Waals surface area contributed by atoms with E-state index in [1.165, 1.54) is 16.7 Å². The Morgan fingerprint density at radius 2 is 1.54 bits per heavy atom. The van der Waals surface area contributed by atoms with Crippen LogP contribution in [0.2, 0.25) is 0 Å². The lowest BCUT2D eigenvalue weighted by Gasteiger charge is -2.08. The summed E-state index contributed by atoms with van der Waals surface area (Å²) in [5.41, 5.74) is 12.7. The van der Waals surface area contributed by atoms with Crippen LogP contribution in [0, 0.1) is 6.92 Å². The molecule has 4 nitrogen and oxygen atoms in total. The number of H-pyrrole nitrogens is 2. The highest BCUT2D eigenvalue weighted by Gasteiger charge is 2.09. The first-order valence-corrected chi connectivity index (χ1v) is 7.80. The highest BCUT2D eigenvalue weighted by molar-refractivity contribution is 5.93. The van der Waals surface area contributed by atoms with Gasteiger partial charge in [0.15, 0.2) is 0 Å². The fourth-order valence-corrected chi connectivity index (χ4v) is 3.08. The lowest BCUT2D eigenvalue weighted by Crippen LogP contribution is -1.98. The minimum atomic E-state index is -0.157. The van der Waals surface area contributed by atoms with E-state index in [1.807, 2.05) is 24.3 Å². The molecule has 4 N–H and O–H groups in total. The molecule has 24 heavy (non-hydrogen) atoms. The summed E-state index contributed by atoms with van der Waals surface area (Å²) < 4.78 is 0. The topological polar surface area (TPSA) is 74.7 Å². The highest BCUT2D eigenvalue weighted by Crippen LogP contribution is 2.29. The summed E-state index contributed by atoms with van der Waals surface area (Å²) in [4.78, 5) is 11.8. The number of nitrogens with two attached hydrogens (primary N) is 1. The van der Waals surface area contributed by atoms with Crippen LogP contribution in [0.4, 0.5) is 5.69 Å². The van der Waals surface area contributed by atoms with Gasteiger partial charge in [0.1, 0.15) is 0 Å². The van der Waals surface area contributed by atoms with Gasteiger partial charge in [-0.05, 0) is 46.9 Å². The molecule has 4 rings (SSSR count). The molecule has 4 heteroatoms. The van der Waals surface area contributed by atoms with Crippen molar-refractivity contribution < 1.29 is 0 Å². The van der Waals surface area contributed by atoms with Crippen molar-refractivity contribution in [3.8, 4) is 22.3 Å². The largest absolute Gasteiger partial charge is 0.397 e. The van der Waals surface area contributed by atoms with E-state index >= 15 is 0 Å². The smallest absolute Gasteiger partial charge is 0.271 e. The second-order valence-electron chi connectivity index (χ2n) is 5.96. The number of fused-ring (bicyclic) bond motifs is 1. The molecule has 3 aromatic carbocycles. The summed E-state index contributed by atoms with van der Waals surface area (Å²) >= 11 is 0. The zero-order valence-corrected chi connectivity index (χ0v) is 13.3. The molecular weight excluding hydrogens is 298 g/mol. The first-order chi connectivity index (χ1) is 11.6. The summed E-state index contributed by atoms with van der Waals surface area (Å²) in [6, 6.07) is 20.4.